The summed E-state index contributed by atoms with van der Waals surface area (Å²) in [6.45, 7) is 0. The van der Waals surface area contributed by atoms with Gasteiger partial charge in [0.25, 0.3) is 0 Å². The highest BCUT2D eigenvalue weighted by Gasteiger charge is 2.20. The Morgan fingerprint density at radius 2 is 2.06 bits per heavy atom. The van der Waals surface area contributed by atoms with Crippen LogP contribution in [0.3, 0.4) is 0 Å². The van der Waals surface area contributed by atoms with Crippen molar-refractivity contribution in [1.82, 2.24) is 0 Å². The molecule has 0 heterocycles. The molecule has 1 aromatic carbocycles. The van der Waals surface area contributed by atoms with Crippen LogP contribution in [0.25, 0.3) is 0 Å². The van der Waals surface area contributed by atoms with E-state index in [9.17, 15) is 9.18 Å². The van der Waals surface area contributed by atoms with Crippen molar-refractivity contribution < 1.29 is 9.18 Å². The molecule has 0 bridgehead atoms. The van der Waals surface area contributed by atoms with Crippen LogP contribution >= 0.6 is 15.9 Å². The molecule has 0 saturated heterocycles. The fraction of sp³-hybridized carbons (Fsp3) is 0.462. The van der Waals surface area contributed by atoms with Crippen LogP contribution in [0.5, 0.6) is 0 Å². The second kappa shape index (κ2) is 5.09. The fourth-order valence-corrected chi connectivity index (χ4v) is 2.87. The van der Waals surface area contributed by atoms with E-state index in [-0.39, 0.29) is 11.6 Å². The van der Waals surface area contributed by atoms with Crippen LogP contribution in [0.1, 0.15) is 42.5 Å². The number of Topliss-reactive ketones (excluding diaryl/α,β-unsaturated/α-hetero) is 1. The second-order valence-corrected chi connectivity index (χ2v) is 5.26. The van der Waals surface area contributed by atoms with Crippen LogP contribution < -0.4 is 0 Å². The van der Waals surface area contributed by atoms with Crippen LogP contribution in [-0.2, 0) is 0 Å². The third kappa shape index (κ3) is 2.70. The molecule has 1 aliphatic rings. The van der Waals surface area contributed by atoms with Gasteiger partial charge in [-0.1, -0.05) is 25.7 Å². The summed E-state index contributed by atoms with van der Waals surface area (Å²) in [5.41, 5.74) is 0.605. The molecule has 3 heteroatoms. The van der Waals surface area contributed by atoms with Gasteiger partial charge >= 0.3 is 0 Å². The van der Waals surface area contributed by atoms with Gasteiger partial charge in [-0.25, -0.2) is 4.39 Å². The van der Waals surface area contributed by atoms with Crippen molar-refractivity contribution >= 4 is 21.7 Å². The highest BCUT2D eigenvalue weighted by atomic mass is 79.9. The number of hydrogen-bond donors (Lipinski definition) is 0. The van der Waals surface area contributed by atoms with Gasteiger partial charge in [0.1, 0.15) is 5.82 Å². The summed E-state index contributed by atoms with van der Waals surface area (Å²) >= 11 is 3.24. The van der Waals surface area contributed by atoms with Crippen LogP contribution in [0.4, 0.5) is 4.39 Å². The summed E-state index contributed by atoms with van der Waals surface area (Å²) in [5.74, 6) is 0.340. The van der Waals surface area contributed by atoms with E-state index in [0.29, 0.717) is 22.4 Å². The summed E-state index contributed by atoms with van der Waals surface area (Å²) < 4.78 is 13.4. The van der Waals surface area contributed by atoms with Gasteiger partial charge in [-0.15, -0.1) is 0 Å². The molecule has 0 radical (unpaired) electrons. The van der Waals surface area contributed by atoms with Crippen molar-refractivity contribution in [3.63, 3.8) is 0 Å². The van der Waals surface area contributed by atoms with E-state index in [1.165, 1.54) is 25.0 Å². The summed E-state index contributed by atoms with van der Waals surface area (Å²) in [5, 5.41) is 0. The Bertz CT molecular complexity index is 397. The lowest BCUT2D eigenvalue weighted by molar-refractivity contribution is 0.0961. The zero-order valence-corrected chi connectivity index (χ0v) is 10.6. The van der Waals surface area contributed by atoms with Crippen LogP contribution in [0.2, 0.25) is 0 Å². The standard InChI is InChI=1S/C13H14BrFO/c14-12-8-10(15)5-6-11(12)13(16)7-9-3-1-2-4-9/h5-6,8-9H,1-4,7H2. The van der Waals surface area contributed by atoms with Crippen molar-refractivity contribution in [2.75, 3.05) is 0 Å². The van der Waals surface area contributed by atoms with Crippen molar-refractivity contribution in [1.29, 1.82) is 0 Å². The molecule has 1 nitrogen and oxygen atoms in total. The molecule has 0 unspecified atom stereocenters. The molecule has 1 saturated carbocycles. The van der Waals surface area contributed by atoms with Gasteiger partial charge in [-0.3, -0.25) is 4.79 Å². The summed E-state index contributed by atoms with van der Waals surface area (Å²) in [4.78, 5) is 12.0. The summed E-state index contributed by atoms with van der Waals surface area (Å²) in [7, 11) is 0. The third-order valence-corrected chi connectivity index (χ3v) is 3.84. The Hall–Kier alpha value is -0.700. The molecule has 86 valence electrons. The van der Waals surface area contributed by atoms with E-state index in [1.54, 1.807) is 6.07 Å². The van der Waals surface area contributed by atoms with Gasteiger partial charge in [0.15, 0.2) is 5.78 Å². The topological polar surface area (TPSA) is 17.1 Å². The maximum Gasteiger partial charge on any atom is 0.164 e. The Morgan fingerprint density at radius 1 is 1.38 bits per heavy atom. The SMILES string of the molecule is O=C(CC1CCCC1)c1ccc(F)cc1Br. The maximum atomic E-state index is 12.9. The zero-order chi connectivity index (χ0) is 11.5. The molecule has 0 atom stereocenters. The normalized spacial score (nSPS) is 16.6. The zero-order valence-electron chi connectivity index (χ0n) is 9.01. The van der Waals surface area contributed by atoms with Crippen molar-refractivity contribution in [2.24, 2.45) is 5.92 Å². The fourth-order valence-electron chi connectivity index (χ4n) is 2.30. The second-order valence-electron chi connectivity index (χ2n) is 4.40. The predicted octanol–water partition coefficient (Wildman–Crippen LogP) is 4.35. The molecule has 2 rings (SSSR count). The largest absolute Gasteiger partial charge is 0.294 e. The molecular formula is C13H14BrFO. The van der Waals surface area contributed by atoms with Gasteiger partial charge in [-0.2, -0.15) is 0 Å². The van der Waals surface area contributed by atoms with Crippen LogP contribution in [0, 0.1) is 11.7 Å². The highest BCUT2D eigenvalue weighted by Crippen LogP contribution is 2.30. The number of hydrogen-bond acceptors (Lipinski definition) is 1. The summed E-state index contributed by atoms with van der Waals surface area (Å²) in [6, 6.07) is 4.26. The number of ketones is 1. The third-order valence-electron chi connectivity index (χ3n) is 3.18. The molecule has 16 heavy (non-hydrogen) atoms. The van der Waals surface area contributed by atoms with Crippen molar-refractivity contribution in [2.45, 2.75) is 32.1 Å². The number of rotatable bonds is 3. The van der Waals surface area contributed by atoms with Gasteiger partial charge < -0.3 is 0 Å². The van der Waals surface area contributed by atoms with Crippen molar-refractivity contribution in [3.8, 4) is 0 Å². The monoisotopic (exact) mass is 284 g/mol. The van der Waals surface area contributed by atoms with E-state index < -0.39 is 0 Å². The number of benzene rings is 1. The smallest absolute Gasteiger partial charge is 0.164 e. The minimum Gasteiger partial charge on any atom is -0.294 e. The average molecular weight is 285 g/mol. The minimum absolute atomic E-state index is 0.124. The van der Waals surface area contributed by atoms with E-state index >= 15 is 0 Å². The highest BCUT2D eigenvalue weighted by molar-refractivity contribution is 9.10. The molecule has 1 fully saturated rings. The van der Waals surface area contributed by atoms with Gasteiger partial charge in [0, 0.05) is 16.5 Å². The first-order valence-corrected chi connectivity index (χ1v) is 6.44. The van der Waals surface area contributed by atoms with E-state index in [2.05, 4.69) is 15.9 Å². The van der Waals surface area contributed by atoms with Gasteiger partial charge in [0.2, 0.25) is 0 Å². The number of halogens is 2. The Labute approximate surface area is 103 Å². The molecule has 0 aromatic heterocycles. The average Bonchev–Trinajstić information content (AvgIpc) is 2.70. The first-order chi connectivity index (χ1) is 7.66. The first-order valence-electron chi connectivity index (χ1n) is 5.65. The predicted molar refractivity (Wildman–Crippen MR) is 65.0 cm³/mol. The van der Waals surface area contributed by atoms with E-state index in [4.69, 9.17) is 0 Å². The molecule has 0 N–H and O–H groups in total. The number of carbonyl (C=O) groups excluding carboxylic acids is 1. The minimum atomic E-state index is -0.315. The first kappa shape index (κ1) is 11.8. The Balaban J connectivity index is 2.08. The molecule has 0 aliphatic heterocycles. The van der Waals surface area contributed by atoms with E-state index in [0.717, 1.165) is 12.8 Å². The lowest BCUT2D eigenvalue weighted by Gasteiger charge is -2.08. The van der Waals surface area contributed by atoms with Crippen LogP contribution in [0.15, 0.2) is 22.7 Å². The quantitative estimate of drug-likeness (QED) is 0.754. The summed E-state index contributed by atoms with van der Waals surface area (Å²) in [6.07, 6.45) is 5.39. The van der Waals surface area contributed by atoms with E-state index in [1.807, 2.05) is 0 Å². The Kier molecular flexibility index (Phi) is 3.74. The molecular weight excluding hydrogens is 271 g/mol. The molecule has 1 aliphatic carbocycles. The lowest BCUT2D eigenvalue weighted by atomic mass is 9.97. The number of carbonyl (C=O) groups is 1. The van der Waals surface area contributed by atoms with Gasteiger partial charge in [-0.05, 0) is 40.0 Å². The van der Waals surface area contributed by atoms with Gasteiger partial charge in [0.05, 0.1) is 0 Å². The maximum absolute atomic E-state index is 12.9. The van der Waals surface area contributed by atoms with Crippen molar-refractivity contribution in [3.05, 3.63) is 34.1 Å². The Morgan fingerprint density at radius 3 is 2.69 bits per heavy atom. The molecule has 0 amide bonds. The molecule has 0 spiro atoms. The molecule has 1 aromatic rings. The lowest BCUT2D eigenvalue weighted by Crippen LogP contribution is -2.06. The van der Waals surface area contributed by atoms with Crippen LogP contribution in [-0.4, -0.2) is 5.78 Å².